The summed E-state index contributed by atoms with van der Waals surface area (Å²) >= 11 is 5.99. The highest BCUT2D eigenvalue weighted by Gasteiger charge is 2.07. The molecule has 0 aliphatic carbocycles. The fourth-order valence-corrected chi connectivity index (χ4v) is 2.83. The number of rotatable bonds is 4. The first-order valence-electron chi connectivity index (χ1n) is 7.52. The third kappa shape index (κ3) is 3.63. The zero-order valence-electron chi connectivity index (χ0n) is 13.2. The molecular weight excluding hydrogens is 310 g/mol. The molecule has 3 nitrogen and oxygen atoms in total. The van der Waals surface area contributed by atoms with E-state index in [-0.39, 0.29) is 5.63 Å². The molecule has 23 heavy (non-hydrogen) atoms. The van der Waals surface area contributed by atoms with Gasteiger partial charge in [0, 0.05) is 29.6 Å². The van der Waals surface area contributed by atoms with Crippen molar-refractivity contribution in [1.82, 2.24) is 5.32 Å². The highest BCUT2D eigenvalue weighted by atomic mass is 35.5. The molecule has 4 heteroatoms. The molecule has 0 radical (unpaired) electrons. The first kappa shape index (κ1) is 15.8. The van der Waals surface area contributed by atoms with E-state index in [1.54, 1.807) is 6.07 Å². The van der Waals surface area contributed by atoms with Gasteiger partial charge in [0.25, 0.3) is 0 Å². The van der Waals surface area contributed by atoms with E-state index in [9.17, 15) is 4.79 Å². The van der Waals surface area contributed by atoms with Crippen LogP contribution >= 0.6 is 11.6 Å². The van der Waals surface area contributed by atoms with Crippen molar-refractivity contribution in [3.8, 4) is 0 Å². The summed E-state index contributed by atoms with van der Waals surface area (Å²) < 4.78 is 5.32. The van der Waals surface area contributed by atoms with Crippen LogP contribution in [0.1, 0.15) is 22.3 Å². The van der Waals surface area contributed by atoms with Gasteiger partial charge in [-0.2, -0.15) is 0 Å². The fourth-order valence-electron chi connectivity index (χ4n) is 2.62. The molecule has 1 aromatic heterocycles. The quantitative estimate of drug-likeness (QED) is 0.724. The molecule has 0 aliphatic heterocycles. The Morgan fingerprint density at radius 2 is 1.83 bits per heavy atom. The van der Waals surface area contributed by atoms with E-state index in [0.29, 0.717) is 18.7 Å². The molecule has 3 rings (SSSR count). The Hall–Kier alpha value is -2.10. The topological polar surface area (TPSA) is 42.2 Å². The van der Waals surface area contributed by atoms with Crippen LogP contribution in [0.3, 0.4) is 0 Å². The molecule has 0 aliphatic rings. The number of hydrogen-bond donors (Lipinski definition) is 1. The third-order valence-electron chi connectivity index (χ3n) is 3.98. The van der Waals surface area contributed by atoms with Gasteiger partial charge < -0.3 is 9.73 Å². The van der Waals surface area contributed by atoms with Crippen LogP contribution in [-0.2, 0) is 13.1 Å². The number of aryl methyl sites for hydroxylation is 2. The summed E-state index contributed by atoms with van der Waals surface area (Å²) in [5.74, 6) is 0. The first-order chi connectivity index (χ1) is 11.0. The van der Waals surface area contributed by atoms with E-state index in [0.717, 1.165) is 27.1 Å². The van der Waals surface area contributed by atoms with Gasteiger partial charge in [-0.3, -0.25) is 0 Å². The predicted molar refractivity (Wildman–Crippen MR) is 94.0 cm³/mol. The summed E-state index contributed by atoms with van der Waals surface area (Å²) in [6.07, 6.45) is 0. The second-order valence-corrected chi connectivity index (χ2v) is 6.19. The Labute approximate surface area is 139 Å². The highest BCUT2D eigenvalue weighted by Crippen LogP contribution is 2.21. The summed E-state index contributed by atoms with van der Waals surface area (Å²) in [6, 6.07) is 13.3. The minimum absolute atomic E-state index is 0.319. The first-order valence-corrected chi connectivity index (χ1v) is 7.90. The van der Waals surface area contributed by atoms with Crippen molar-refractivity contribution in [2.24, 2.45) is 0 Å². The maximum absolute atomic E-state index is 11.8. The number of benzene rings is 2. The normalized spacial score (nSPS) is 11.1. The molecule has 1 heterocycles. The van der Waals surface area contributed by atoms with Gasteiger partial charge >= 0.3 is 5.63 Å². The number of fused-ring (bicyclic) bond motifs is 1. The Morgan fingerprint density at radius 1 is 1.04 bits per heavy atom. The Morgan fingerprint density at radius 3 is 2.61 bits per heavy atom. The molecule has 0 unspecified atom stereocenters. The van der Waals surface area contributed by atoms with Gasteiger partial charge in [0.15, 0.2) is 0 Å². The van der Waals surface area contributed by atoms with Crippen molar-refractivity contribution in [2.75, 3.05) is 0 Å². The van der Waals surface area contributed by atoms with Crippen LogP contribution in [0, 0.1) is 13.8 Å². The third-order valence-corrected chi connectivity index (χ3v) is 4.21. The summed E-state index contributed by atoms with van der Waals surface area (Å²) in [4.78, 5) is 11.8. The second-order valence-electron chi connectivity index (χ2n) is 5.76. The molecule has 118 valence electrons. The number of halogens is 1. The largest absolute Gasteiger partial charge is 0.423 e. The van der Waals surface area contributed by atoms with E-state index in [1.165, 1.54) is 5.56 Å². The van der Waals surface area contributed by atoms with E-state index >= 15 is 0 Å². The summed E-state index contributed by atoms with van der Waals surface area (Å²) in [5, 5.41) is 5.06. The van der Waals surface area contributed by atoms with Crippen LogP contribution in [0.2, 0.25) is 5.02 Å². The Bertz CT molecular complexity index is 915. The van der Waals surface area contributed by atoms with Crippen molar-refractivity contribution < 1.29 is 4.42 Å². The SMILES string of the molecule is Cc1cc2oc(=O)cc(CNCc3cccc(Cl)c3)c2cc1C. The molecule has 0 saturated heterocycles. The lowest BCUT2D eigenvalue weighted by Crippen LogP contribution is -2.14. The summed E-state index contributed by atoms with van der Waals surface area (Å²) in [7, 11) is 0. The number of hydrogen-bond acceptors (Lipinski definition) is 3. The van der Waals surface area contributed by atoms with Crippen molar-refractivity contribution in [2.45, 2.75) is 26.9 Å². The zero-order valence-corrected chi connectivity index (χ0v) is 13.9. The van der Waals surface area contributed by atoms with Gasteiger partial charge in [0.05, 0.1) is 0 Å². The number of nitrogens with one attached hydrogen (secondary N) is 1. The monoisotopic (exact) mass is 327 g/mol. The second kappa shape index (κ2) is 6.57. The lowest BCUT2D eigenvalue weighted by molar-refractivity contribution is 0.556. The van der Waals surface area contributed by atoms with Gasteiger partial charge in [-0.25, -0.2) is 4.79 Å². The maximum Gasteiger partial charge on any atom is 0.336 e. The molecule has 0 fully saturated rings. The maximum atomic E-state index is 11.8. The van der Waals surface area contributed by atoms with Gasteiger partial charge in [0.2, 0.25) is 0 Å². The van der Waals surface area contributed by atoms with Crippen LogP contribution in [0.5, 0.6) is 0 Å². The van der Waals surface area contributed by atoms with Crippen molar-refractivity contribution in [1.29, 1.82) is 0 Å². The molecule has 3 aromatic rings. The Kier molecular flexibility index (Phi) is 4.51. The zero-order chi connectivity index (χ0) is 16.4. The predicted octanol–water partition coefficient (Wildman–Crippen LogP) is 4.35. The average molecular weight is 328 g/mol. The van der Waals surface area contributed by atoms with E-state index in [4.69, 9.17) is 16.0 Å². The standard InChI is InChI=1S/C19H18ClNO2/c1-12-6-17-15(9-19(22)23-18(17)7-13(12)2)11-21-10-14-4-3-5-16(20)8-14/h3-9,21H,10-11H2,1-2H3. The smallest absolute Gasteiger partial charge is 0.336 e. The molecule has 0 atom stereocenters. The van der Waals surface area contributed by atoms with Crippen molar-refractivity contribution >= 4 is 22.6 Å². The fraction of sp³-hybridized carbons (Fsp3) is 0.211. The minimum atomic E-state index is -0.319. The summed E-state index contributed by atoms with van der Waals surface area (Å²) in [6.45, 7) is 5.35. The molecule has 0 bridgehead atoms. The lowest BCUT2D eigenvalue weighted by atomic mass is 10.0. The molecule has 0 amide bonds. The highest BCUT2D eigenvalue weighted by molar-refractivity contribution is 6.30. The van der Waals surface area contributed by atoms with Crippen LogP contribution in [0.4, 0.5) is 0 Å². The average Bonchev–Trinajstić information content (AvgIpc) is 2.49. The Balaban J connectivity index is 1.85. The van der Waals surface area contributed by atoms with E-state index in [2.05, 4.69) is 18.3 Å². The molecule has 0 spiro atoms. The van der Waals surface area contributed by atoms with E-state index in [1.807, 2.05) is 37.3 Å². The van der Waals surface area contributed by atoms with Crippen LogP contribution in [-0.4, -0.2) is 0 Å². The molecular formula is C19H18ClNO2. The van der Waals surface area contributed by atoms with Crippen molar-refractivity contribution in [3.63, 3.8) is 0 Å². The van der Waals surface area contributed by atoms with E-state index < -0.39 is 0 Å². The molecule has 2 aromatic carbocycles. The lowest BCUT2D eigenvalue weighted by Gasteiger charge is -2.09. The van der Waals surface area contributed by atoms with Crippen LogP contribution in [0.25, 0.3) is 11.0 Å². The van der Waals surface area contributed by atoms with Crippen LogP contribution < -0.4 is 10.9 Å². The van der Waals surface area contributed by atoms with Crippen LogP contribution in [0.15, 0.2) is 51.7 Å². The van der Waals surface area contributed by atoms with Gasteiger partial charge in [-0.05, 0) is 60.4 Å². The molecule has 1 N–H and O–H groups in total. The van der Waals surface area contributed by atoms with Gasteiger partial charge in [-0.1, -0.05) is 23.7 Å². The van der Waals surface area contributed by atoms with Crippen molar-refractivity contribution in [3.05, 3.63) is 80.2 Å². The van der Waals surface area contributed by atoms with Gasteiger partial charge in [-0.15, -0.1) is 0 Å². The molecule has 0 saturated carbocycles. The minimum Gasteiger partial charge on any atom is -0.423 e. The van der Waals surface area contributed by atoms with Gasteiger partial charge in [0.1, 0.15) is 5.58 Å². The summed E-state index contributed by atoms with van der Waals surface area (Å²) in [5.41, 5.74) is 4.67.